The van der Waals surface area contributed by atoms with E-state index < -0.39 is 17.9 Å². The highest BCUT2D eigenvalue weighted by Crippen LogP contribution is 2.13. The van der Waals surface area contributed by atoms with Gasteiger partial charge in [0.15, 0.2) is 6.04 Å². The van der Waals surface area contributed by atoms with Crippen molar-refractivity contribution >= 4 is 11.9 Å². The molecule has 1 rings (SSSR count). The second-order valence-electron chi connectivity index (χ2n) is 5.53. The minimum absolute atomic E-state index is 0.125. The lowest BCUT2D eigenvalue weighted by atomic mass is 10.1. The van der Waals surface area contributed by atoms with E-state index in [0.29, 0.717) is 5.56 Å². The molecule has 0 aromatic carbocycles. The molecular formula is C14H21N3O4. The third-order valence-electron chi connectivity index (χ3n) is 2.66. The Kier molecular flexibility index (Phi) is 5.66. The van der Waals surface area contributed by atoms with E-state index in [1.54, 1.807) is 10.9 Å². The van der Waals surface area contributed by atoms with Crippen LogP contribution in [0.1, 0.15) is 31.1 Å². The van der Waals surface area contributed by atoms with E-state index in [1.807, 2.05) is 20.8 Å². The van der Waals surface area contributed by atoms with Crippen LogP contribution < -0.4 is 5.32 Å². The minimum Gasteiger partial charge on any atom is -0.480 e. The highest BCUT2D eigenvalue weighted by molar-refractivity contribution is 5.96. The summed E-state index contributed by atoms with van der Waals surface area (Å²) >= 11 is 0. The van der Waals surface area contributed by atoms with Gasteiger partial charge in [-0.05, 0) is 20.8 Å². The number of carbonyl (C=O) groups excluding carboxylic acids is 1. The van der Waals surface area contributed by atoms with Crippen molar-refractivity contribution in [1.29, 1.82) is 0 Å². The van der Waals surface area contributed by atoms with Crippen molar-refractivity contribution < 1.29 is 19.4 Å². The van der Waals surface area contributed by atoms with Gasteiger partial charge in [0.1, 0.15) is 0 Å². The third kappa shape index (κ3) is 5.03. The van der Waals surface area contributed by atoms with Crippen LogP contribution in [0.25, 0.3) is 0 Å². The van der Waals surface area contributed by atoms with Crippen LogP contribution in [0, 0.1) is 0 Å². The molecule has 0 aliphatic heterocycles. The standard InChI is InChI=1S/C14H21N3O4/c1-5-6-21-9-11(13(19)20)16-12(18)10-7-15-17(8-10)14(2,3)4/h5,7-8,11H,1,6,9H2,2-4H3,(H,16,18)(H,19,20). The number of carbonyl (C=O) groups is 2. The number of hydrogen-bond acceptors (Lipinski definition) is 4. The van der Waals surface area contributed by atoms with Gasteiger partial charge < -0.3 is 15.2 Å². The van der Waals surface area contributed by atoms with Gasteiger partial charge in [-0.15, -0.1) is 6.58 Å². The Morgan fingerprint density at radius 3 is 2.71 bits per heavy atom. The van der Waals surface area contributed by atoms with E-state index >= 15 is 0 Å². The van der Waals surface area contributed by atoms with Crippen LogP contribution in [0.3, 0.4) is 0 Å². The monoisotopic (exact) mass is 295 g/mol. The van der Waals surface area contributed by atoms with Crippen LogP contribution in [0.5, 0.6) is 0 Å². The summed E-state index contributed by atoms with van der Waals surface area (Å²) in [5, 5.41) is 15.6. The molecule has 0 fully saturated rings. The molecule has 1 atom stereocenters. The van der Waals surface area contributed by atoms with Crippen LogP contribution in [-0.4, -0.2) is 46.0 Å². The molecule has 1 aromatic rings. The first kappa shape index (κ1) is 16.9. The highest BCUT2D eigenvalue weighted by Gasteiger charge is 2.22. The average Bonchev–Trinajstić information content (AvgIpc) is 2.86. The second kappa shape index (κ2) is 7.03. The number of carboxylic acids is 1. The molecule has 0 radical (unpaired) electrons. The largest absolute Gasteiger partial charge is 0.480 e. The smallest absolute Gasteiger partial charge is 0.328 e. The quantitative estimate of drug-likeness (QED) is 0.578. The summed E-state index contributed by atoms with van der Waals surface area (Å²) in [6.07, 6.45) is 4.50. The van der Waals surface area contributed by atoms with Crippen molar-refractivity contribution in [3.8, 4) is 0 Å². The summed E-state index contributed by atoms with van der Waals surface area (Å²) in [5.74, 6) is -1.66. The summed E-state index contributed by atoms with van der Waals surface area (Å²) < 4.78 is 6.71. The molecule has 7 nitrogen and oxygen atoms in total. The molecule has 1 unspecified atom stereocenters. The van der Waals surface area contributed by atoms with Crippen molar-refractivity contribution in [2.75, 3.05) is 13.2 Å². The fourth-order valence-corrected chi connectivity index (χ4v) is 1.49. The van der Waals surface area contributed by atoms with Gasteiger partial charge in [-0.1, -0.05) is 6.08 Å². The van der Waals surface area contributed by atoms with Crippen molar-refractivity contribution in [3.63, 3.8) is 0 Å². The lowest BCUT2D eigenvalue weighted by Crippen LogP contribution is -2.44. The van der Waals surface area contributed by atoms with Crippen LogP contribution in [0.4, 0.5) is 0 Å². The first-order chi connectivity index (χ1) is 9.75. The van der Waals surface area contributed by atoms with Gasteiger partial charge >= 0.3 is 5.97 Å². The molecule has 0 aliphatic carbocycles. The van der Waals surface area contributed by atoms with E-state index in [4.69, 9.17) is 9.84 Å². The Balaban J connectivity index is 2.71. The van der Waals surface area contributed by atoms with Crippen molar-refractivity contribution in [2.45, 2.75) is 32.4 Å². The Labute approximate surface area is 123 Å². The maximum atomic E-state index is 12.0. The fourth-order valence-electron chi connectivity index (χ4n) is 1.49. The summed E-state index contributed by atoms with van der Waals surface area (Å²) in [4.78, 5) is 23.1. The molecule has 21 heavy (non-hydrogen) atoms. The number of nitrogens with one attached hydrogen (secondary N) is 1. The molecular weight excluding hydrogens is 274 g/mol. The molecule has 7 heteroatoms. The van der Waals surface area contributed by atoms with E-state index in [2.05, 4.69) is 17.0 Å². The van der Waals surface area contributed by atoms with E-state index in [-0.39, 0.29) is 18.8 Å². The van der Waals surface area contributed by atoms with Crippen LogP contribution in [0.2, 0.25) is 0 Å². The lowest BCUT2D eigenvalue weighted by Gasteiger charge is -2.18. The number of ether oxygens (including phenoxy) is 1. The normalized spacial score (nSPS) is 12.7. The van der Waals surface area contributed by atoms with Gasteiger partial charge in [-0.2, -0.15) is 5.10 Å². The maximum absolute atomic E-state index is 12.0. The molecule has 1 heterocycles. The lowest BCUT2D eigenvalue weighted by molar-refractivity contribution is -0.140. The zero-order valence-electron chi connectivity index (χ0n) is 12.5. The van der Waals surface area contributed by atoms with Crippen LogP contribution >= 0.6 is 0 Å². The topological polar surface area (TPSA) is 93.5 Å². The summed E-state index contributed by atoms with van der Waals surface area (Å²) in [6.45, 7) is 9.41. The Bertz CT molecular complexity index is 517. The summed E-state index contributed by atoms with van der Waals surface area (Å²) in [5.41, 5.74) is 0.0533. The van der Waals surface area contributed by atoms with Crippen molar-refractivity contribution in [3.05, 3.63) is 30.6 Å². The Morgan fingerprint density at radius 1 is 1.57 bits per heavy atom. The summed E-state index contributed by atoms with van der Waals surface area (Å²) in [7, 11) is 0. The number of nitrogens with zero attached hydrogens (tertiary/aromatic N) is 2. The van der Waals surface area contributed by atoms with Gasteiger partial charge in [0.2, 0.25) is 0 Å². The molecule has 0 saturated carbocycles. The van der Waals surface area contributed by atoms with Crippen molar-refractivity contribution in [1.82, 2.24) is 15.1 Å². The summed E-state index contributed by atoms with van der Waals surface area (Å²) in [6, 6.07) is -1.12. The van der Waals surface area contributed by atoms with Gasteiger partial charge in [-0.25, -0.2) is 4.79 Å². The number of rotatable bonds is 7. The van der Waals surface area contributed by atoms with Crippen LogP contribution in [0.15, 0.2) is 25.0 Å². The molecule has 1 aromatic heterocycles. The molecule has 2 N–H and O–H groups in total. The zero-order valence-corrected chi connectivity index (χ0v) is 12.5. The first-order valence-electron chi connectivity index (χ1n) is 6.53. The van der Waals surface area contributed by atoms with Crippen molar-refractivity contribution in [2.24, 2.45) is 0 Å². The maximum Gasteiger partial charge on any atom is 0.328 e. The highest BCUT2D eigenvalue weighted by atomic mass is 16.5. The van der Waals surface area contributed by atoms with E-state index in [1.165, 1.54) is 12.3 Å². The van der Waals surface area contributed by atoms with Gasteiger partial charge in [-0.3, -0.25) is 9.48 Å². The third-order valence-corrected chi connectivity index (χ3v) is 2.66. The van der Waals surface area contributed by atoms with Crippen LogP contribution in [-0.2, 0) is 15.1 Å². The van der Waals surface area contributed by atoms with E-state index in [9.17, 15) is 9.59 Å². The van der Waals surface area contributed by atoms with Gasteiger partial charge in [0.05, 0.1) is 30.5 Å². The van der Waals surface area contributed by atoms with Gasteiger partial charge in [0, 0.05) is 6.20 Å². The number of hydrogen-bond donors (Lipinski definition) is 2. The SMILES string of the molecule is C=CCOCC(NC(=O)c1cnn(C(C)(C)C)c1)C(=O)O. The average molecular weight is 295 g/mol. The molecule has 0 saturated heterocycles. The Morgan fingerprint density at radius 2 is 2.24 bits per heavy atom. The second-order valence-corrected chi connectivity index (χ2v) is 5.53. The Hall–Kier alpha value is -2.15. The molecule has 0 spiro atoms. The minimum atomic E-state index is -1.16. The molecule has 0 aliphatic rings. The van der Waals surface area contributed by atoms with E-state index in [0.717, 1.165) is 0 Å². The number of carboxylic acid groups (broad SMARTS) is 1. The number of amides is 1. The molecule has 1 amide bonds. The predicted molar refractivity (Wildman–Crippen MR) is 77.1 cm³/mol. The fraction of sp³-hybridized carbons (Fsp3) is 0.500. The number of aliphatic carboxylic acids is 1. The zero-order chi connectivity index (χ0) is 16.0. The first-order valence-corrected chi connectivity index (χ1v) is 6.53. The van der Waals surface area contributed by atoms with Gasteiger partial charge in [0.25, 0.3) is 5.91 Å². The predicted octanol–water partition coefficient (Wildman–Crippen LogP) is 1.02. The number of aromatic nitrogens is 2. The molecule has 116 valence electrons. The molecule has 0 bridgehead atoms.